The van der Waals surface area contributed by atoms with Gasteiger partial charge in [-0.2, -0.15) is 0 Å². The molecule has 8 nitrogen and oxygen atoms in total. The van der Waals surface area contributed by atoms with E-state index < -0.39 is 29.4 Å². The van der Waals surface area contributed by atoms with Crippen LogP contribution in [0.5, 0.6) is 5.75 Å². The fourth-order valence-electron chi connectivity index (χ4n) is 2.62. The molecular weight excluding hydrogens is 354 g/mol. The van der Waals surface area contributed by atoms with E-state index in [1.54, 1.807) is 20.8 Å². The molecule has 1 aliphatic rings. The highest BCUT2D eigenvalue weighted by molar-refractivity contribution is 6.03. The zero-order valence-corrected chi connectivity index (χ0v) is 16.2. The van der Waals surface area contributed by atoms with Gasteiger partial charge in [0.05, 0.1) is 25.3 Å². The van der Waals surface area contributed by atoms with Gasteiger partial charge < -0.3 is 18.9 Å². The molecule has 0 atom stereocenters. The number of hydrogen-bond acceptors (Lipinski definition) is 7. The zero-order chi connectivity index (χ0) is 20.2. The molecule has 1 amide bonds. The maximum absolute atomic E-state index is 12.1. The first-order chi connectivity index (χ1) is 12.6. The van der Waals surface area contributed by atoms with Crippen molar-refractivity contribution in [1.82, 2.24) is 5.32 Å². The van der Waals surface area contributed by atoms with Crippen molar-refractivity contribution in [3.05, 3.63) is 29.3 Å². The molecule has 1 aromatic carbocycles. The molecule has 0 radical (unpaired) electrons. The van der Waals surface area contributed by atoms with Crippen LogP contribution in [0.4, 0.5) is 4.79 Å². The van der Waals surface area contributed by atoms with E-state index in [-0.39, 0.29) is 11.1 Å². The molecule has 2 rings (SSSR count). The Balaban J connectivity index is 2.23. The Morgan fingerprint density at radius 3 is 2.07 bits per heavy atom. The van der Waals surface area contributed by atoms with Crippen molar-refractivity contribution in [2.24, 2.45) is 0 Å². The minimum Gasteiger partial charge on any atom is -0.468 e. The normalized spacial score (nSPS) is 15.1. The summed E-state index contributed by atoms with van der Waals surface area (Å²) in [6.45, 7) is 5.32. The fourth-order valence-corrected chi connectivity index (χ4v) is 2.62. The molecule has 1 saturated carbocycles. The predicted octanol–water partition coefficient (Wildman–Crippen LogP) is 3.04. The Morgan fingerprint density at radius 1 is 1.00 bits per heavy atom. The minimum atomic E-state index is -0.914. The third-order valence-electron chi connectivity index (χ3n) is 4.00. The number of esters is 2. The number of benzene rings is 1. The highest BCUT2D eigenvalue weighted by atomic mass is 16.6. The predicted molar refractivity (Wildman–Crippen MR) is 95.7 cm³/mol. The van der Waals surface area contributed by atoms with Crippen LogP contribution in [0, 0.1) is 0 Å². The number of ether oxygens (including phenoxy) is 4. The smallest absolute Gasteiger partial charge is 0.410 e. The molecular formula is C19H25NO7. The second-order valence-corrected chi connectivity index (χ2v) is 7.27. The molecule has 0 aromatic heterocycles. The number of hydrogen-bond donors (Lipinski definition) is 1. The highest BCUT2D eigenvalue weighted by Crippen LogP contribution is 2.35. The summed E-state index contributed by atoms with van der Waals surface area (Å²) in [6.07, 6.45) is 1.48. The number of carbonyl (C=O) groups is 3. The third kappa shape index (κ3) is 5.12. The molecule has 0 unspecified atom stereocenters. The molecule has 1 fully saturated rings. The van der Waals surface area contributed by atoms with Crippen molar-refractivity contribution in [3.63, 3.8) is 0 Å². The Hall–Kier alpha value is -2.77. The summed E-state index contributed by atoms with van der Waals surface area (Å²) in [5.74, 6) is -1.03. The SMILES string of the molecule is COC(=O)c1ccc(OC2(NC(=O)OC(C)(C)C)CCC2)cc1C(=O)OC. The molecule has 148 valence electrons. The first kappa shape index (κ1) is 20.5. The number of carbonyl (C=O) groups excluding carboxylic acids is 3. The highest BCUT2D eigenvalue weighted by Gasteiger charge is 2.42. The number of nitrogens with one attached hydrogen (secondary N) is 1. The monoisotopic (exact) mass is 379 g/mol. The van der Waals surface area contributed by atoms with E-state index in [0.29, 0.717) is 18.6 Å². The lowest BCUT2D eigenvalue weighted by Crippen LogP contribution is -2.58. The summed E-state index contributed by atoms with van der Waals surface area (Å²) in [6, 6.07) is 4.36. The van der Waals surface area contributed by atoms with Crippen LogP contribution in [0.3, 0.4) is 0 Å². The van der Waals surface area contributed by atoms with Crippen LogP contribution < -0.4 is 10.1 Å². The Morgan fingerprint density at radius 2 is 1.59 bits per heavy atom. The van der Waals surface area contributed by atoms with Crippen LogP contribution in [-0.2, 0) is 14.2 Å². The van der Waals surface area contributed by atoms with Gasteiger partial charge in [-0.3, -0.25) is 5.32 Å². The quantitative estimate of drug-likeness (QED) is 0.477. The number of alkyl carbamates (subject to hydrolysis) is 1. The third-order valence-corrected chi connectivity index (χ3v) is 4.00. The molecule has 8 heteroatoms. The summed E-state index contributed by atoms with van der Waals surface area (Å²) < 4.78 is 20.6. The maximum atomic E-state index is 12.1. The maximum Gasteiger partial charge on any atom is 0.410 e. The van der Waals surface area contributed by atoms with Crippen molar-refractivity contribution in [3.8, 4) is 5.75 Å². The first-order valence-corrected chi connectivity index (χ1v) is 8.60. The van der Waals surface area contributed by atoms with Gasteiger partial charge in [0.25, 0.3) is 0 Å². The van der Waals surface area contributed by atoms with Crippen molar-refractivity contribution in [1.29, 1.82) is 0 Å². The molecule has 1 aliphatic carbocycles. The van der Waals surface area contributed by atoms with Crippen LogP contribution in [-0.4, -0.2) is 43.6 Å². The van der Waals surface area contributed by atoms with E-state index in [4.69, 9.17) is 14.2 Å². The van der Waals surface area contributed by atoms with E-state index in [9.17, 15) is 14.4 Å². The topological polar surface area (TPSA) is 100 Å². The number of methoxy groups -OCH3 is 2. The molecule has 1 N–H and O–H groups in total. The van der Waals surface area contributed by atoms with E-state index in [2.05, 4.69) is 10.1 Å². The van der Waals surface area contributed by atoms with E-state index in [1.807, 2.05) is 0 Å². The van der Waals surface area contributed by atoms with E-state index in [0.717, 1.165) is 6.42 Å². The standard InChI is InChI=1S/C19H25NO7/c1-18(2,3)27-17(23)20-19(9-6-10-19)26-12-7-8-13(15(21)24-4)14(11-12)16(22)25-5/h7-8,11H,6,9-10H2,1-5H3,(H,20,23). The summed E-state index contributed by atoms with van der Waals surface area (Å²) in [5.41, 5.74) is -1.45. The molecule has 0 heterocycles. The van der Waals surface area contributed by atoms with Crippen molar-refractivity contribution in [2.45, 2.75) is 51.4 Å². The average Bonchev–Trinajstić information content (AvgIpc) is 2.56. The van der Waals surface area contributed by atoms with Gasteiger partial charge in [-0.1, -0.05) is 0 Å². The summed E-state index contributed by atoms with van der Waals surface area (Å²) in [7, 11) is 2.44. The Labute approximate surface area is 158 Å². The lowest BCUT2D eigenvalue weighted by Gasteiger charge is -2.42. The zero-order valence-electron chi connectivity index (χ0n) is 16.2. The lowest BCUT2D eigenvalue weighted by atomic mass is 9.88. The molecule has 0 aliphatic heterocycles. The van der Waals surface area contributed by atoms with Crippen LogP contribution in [0.2, 0.25) is 0 Å². The fraction of sp³-hybridized carbons (Fsp3) is 0.526. The number of rotatable bonds is 5. The minimum absolute atomic E-state index is 0.0218. The van der Waals surface area contributed by atoms with Crippen LogP contribution >= 0.6 is 0 Å². The molecule has 0 saturated heterocycles. The first-order valence-electron chi connectivity index (χ1n) is 8.60. The van der Waals surface area contributed by atoms with Crippen LogP contribution in [0.1, 0.15) is 60.7 Å². The van der Waals surface area contributed by atoms with Crippen molar-refractivity contribution < 1.29 is 33.3 Å². The van der Waals surface area contributed by atoms with Gasteiger partial charge in [-0.05, 0) is 45.4 Å². The molecule has 1 aromatic rings. The largest absolute Gasteiger partial charge is 0.468 e. The van der Waals surface area contributed by atoms with Crippen LogP contribution in [0.15, 0.2) is 18.2 Å². The van der Waals surface area contributed by atoms with Crippen LogP contribution in [0.25, 0.3) is 0 Å². The van der Waals surface area contributed by atoms with Gasteiger partial charge >= 0.3 is 18.0 Å². The van der Waals surface area contributed by atoms with E-state index >= 15 is 0 Å². The van der Waals surface area contributed by atoms with Gasteiger partial charge in [-0.15, -0.1) is 0 Å². The van der Waals surface area contributed by atoms with Gasteiger partial charge in [-0.25, -0.2) is 14.4 Å². The van der Waals surface area contributed by atoms with Crippen molar-refractivity contribution >= 4 is 18.0 Å². The van der Waals surface area contributed by atoms with Gasteiger partial charge in [0.2, 0.25) is 0 Å². The molecule has 27 heavy (non-hydrogen) atoms. The van der Waals surface area contributed by atoms with Gasteiger partial charge in [0.15, 0.2) is 5.72 Å². The summed E-state index contributed by atoms with van der Waals surface area (Å²) in [4.78, 5) is 36.0. The van der Waals surface area contributed by atoms with Gasteiger partial charge in [0, 0.05) is 12.8 Å². The second kappa shape index (κ2) is 7.85. The van der Waals surface area contributed by atoms with Crippen molar-refractivity contribution in [2.75, 3.05) is 14.2 Å². The Bertz CT molecular complexity index is 732. The summed E-state index contributed by atoms with van der Waals surface area (Å²) >= 11 is 0. The number of amides is 1. The van der Waals surface area contributed by atoms with E-state index in [1.165, 1.54) is 32.4 Å². The second-order valence-electron chi connectivity index (χ2n) is 7.27. The lowest BCUT2D eigenvalue weighted by molar-refractivity contribution is -0.0459. The molecule has 0 spiro atoms. The Kier molecular flexibility index (Phi) is 5.98. The summed E-state index contributed by atoms with van der Waals surface area (Å²) in [5, 5.41) is 2.75. The average molecular weight is 379 g/mol. The van der Waals surface area contributed by atoms with Gasteiger partial charge in [0.1, 0.15) is 11.4 Å². The molecule has 0 bridgehead atoms.